The summed E-state index contributed by atoms with van der Waals surface area (Å²) in [7, 11) is 0. The predicted molar refractivity (Wildman–Crippen MR) is 55.9 cm³/mol. The van der Waals surface area contributed by atoms with E-state index in [-0.39, 0.29) is 13.3 Å². The Labute approximate surface area is 110 Å². The number of carbonyl (C=O) groups is 1. The molecule has 0 radical (unpaired) electrons. The molecule has 0 saturated heterocycles. The third-order valence-corrected chi connectivity index (χ3v) is 4.28. The molecule has 1 fully saturated rings. The number of allylic oxidation sites excluding steroid dienone is 2. The van der Waals surface area contributed by atoms with E-state index in [1.807, 2.05) is 0 Å². The average molecular weight is 302 g/mol. The topological polar surface area (TPSA) is 37.3 Å². The van der Waals surface area contributed by atoms with Crippen LogP contribution in [0.25, 0.3) is 0 Å². The predicted octanol–water partition coefficient (Wildman–Crippen LogP) is 3.58. The number of hydrogen-bond donors (Lipinski definition) is 1. The van der Waals surface area contributed by atoms with Crippen LogP contribution < -0.4 is 0 Å². The van der Waals surface area contributed by atoms with Crippen LogP contribution in [0, 0.1) is 17.3 Å². The highest BCUT2D eigenvalue weighted by Gasteiger charge is 2.81. The summed E-state index contributed by atoms with van der Waals surface area (Å²) in [6.07, 6.45) is 1.78. The van der Waals surface area contributed by atoms with Gasteiger partial charge in [-0.25, -0.2) is 0 Å². The van der Waals surface area contributed by atoms with Crippen LogP contribution in [0.15, 0.2) is 12.2 Å². The number of fused-ring (bicyclic) bond motifs is 2. The van der Waals surface area contributed by atoms with E-state index < -0.39 is 47.4 Å². The largest absolute Gasteiger partial charge is 0.481 e. The second-order valence-electron chi connectivity index (χ2n) is 5.50. The zero-order valence-electron chi connectivity index (χ0n) is 10.3. The second kappa shape index (κ2) is 3.92. The van der Waals surface area contributed by atoms with Crippen LogP contribution in [-0.2, 0) is 4.79 Å². The Morgan fingerprint density at radius 2 is 1.75 bits per heavy atom. The third kappa shape index (κ3) is 1.56. The van der Waals surface area contributed by atoms with Crippen LogP contribution in [0.1, 0.15) is 19.8 Å². The molecule has 0 aromatic heterocycles. The van der Waals surface area contributed by atoms with Crippen molar-refractivity contribution in [2.24, 2.45) is 17.3 Å². The van der Waals surface area contributed by atoms with Crippen molar-refractivity contribution in [1.82, 2.24) is 0 Å². The van der Waals surface area contributed by atoms with Crippen molar-refractivity contribution in [3.63, 3.8) is 0 Å². The van der Waals surface area contributed by atoms with Gasteiger partial charge in [-0.3, -0.25) is 4.79 Å². The molecule has 0 spiro atoms. The van der Waals surface area contributed by atoms with Crippen LogP contribution in [0.2, 0.25) is 0 Å². The number of carboxylic acid groups (broad SMARTS) is 1. The van der Waals surface area contributed by atoms with Gasteiger partial charge in [0.2, 0.25) is 0 Å². The Morgan fingerprint density at radius 1 is 1.20 bits per heavy atom. The monoisotopic (exact) mass is 302 g/mol. The van der Waals surface area contributed by atoms with Gasteiger partial charge in [0.25, 0.3) is 0 Å². The first kappa shape index (κ1) is 15.2. The summed E-state index contributed by atoms with van der Waals surface area (Å²) in [5, 5.41) is 9.06. The van der Waals surface area contributed by atoms with Crippen molar-refractivity contribution in [3.8, 4) is 0 Å². The number of hydrogen-bond acceptors (Lipinski definition) is 1. The molecular weight excluding hydrogens is 290 g/mol. The van der Waals surface area contributed by atoms with Gasteiger partial charge in [0.05, 0.1) is 0 Å². The summed E-state index contributed by atoms with van der Waals surface area (Å²) < 4.78 is 81.0. The zero-order valence-corrected chi connectivity index (χ0v) is 10.3. The molecule has 3 unspecified atom stereocenters. The molecular formula is C12H12F6O2. The lowest BCUT2D eigenvalue weighted by Gasteiger charge is -2.43. The van der Waals surface area contributed by atoms with E-state index >= 15 is 0 Å². The SMILES string of the molecule is CC(F)(F)C(F)(F)C(F)(F)C1(C(=O)O)CC2C=CC1C2. The van der Waals surface area contributed by atoms with E-state index in [4.69, 9.17) is 5.11 Å². The first-order chi connectivity index (χ1) is 8.88. The van der Waals surface area contributed by atoms with Crippen molar-refractivity contribution in [2.75, 3.05) is 0 Å². The molecule has 2 aliphatic carbocycles. The minimum Gasteiger partial charge on any atom is -0.481 e. The van der Waals surface area contributed by atoms with E-state index in [1.165, 1.54) is 6.08 Å². The average Bonchev–Trinajstić information content (AvgIpc) is 2.86. The molecule has 2 aliphatic rings. The molecule has 1 N–H and O–H groups in total. The molecule has 0 aromatic carbocycles. The Balaban J connectivity index is 2.56. The van der Waals surface area contributed by atoms with Crippen LogP contribution in [0.5, 0.6) is 0 Å². The highest BCUT2D eigenvalue weighted by molar-refractivity contribution is 5.78. The smallest absolute Gasteiger partial charge is 0.372 e. The molecule has 2 nitrogen and oxygen atoms in total. The van der Waals surface area contributed by atoms with Crippen molar-refractivity contribution in [3.05, 3.63) is 12.2 Å². The highest BCUT2D eigenvalue weighted by Crippen LogP contribution is 2.65. The van der Waals surface area contributed by atoms with Gasteiger partial charge in [-0.2, -0.15) is 26.3 Å². The fourth-order valence-corrected chi connectivity index (χ4v) is 3.15. The normalized spacial score (nSPS) is 33.8. The van der Waals surface area contributed by atoms with Gasteiger partial charge in [0.1, 0.15) is 5.41 Å². The fraction of sp³-hybridized carbons (Fsp3) is 0.750. The molecule has 0 heterocycles. The molecule has 3 atom stereocenters. The number of halogens is 6. The molecule has 0 amide bonds. The molecule has 8 heteroatoms. The molecule has 2 rings (SSSR count). The second-order valence-corrected chi connectivity index (χ2v) is 5.50. The van der Waals surface area contributed by atoms with Crippen LogP contribution >= 0.6 is 0 Å². The van der Waals surface area contributed by atoms with Gasteiger partial charge in [-0.15, -0.1) is 0 Å². The van der Waals surface area contributed by atoms with E-state index in [1.54, 1.807) is 0 Å². The first-order valence-corrected chi connectivity index (χ1v) is 5.93. The minimum absolute atomic E-state index is 0.0345. The van der Waals surface area contributed by atoms with Crippen molar-refractivity contribution in [1.29, 1.82) is 0 Å². The number of aliphatic carboxylic acids is 1. The Bertz CT molecular complexity index is 467. The quantitative estimate of drug-likeness (QED) is 0.636. The summed E-state index contributed by atoms with van der Waals surface area (Å²) in [4.78, 5) is 11.2. The maximum atomic E-state index is 14.1. The van der Waals surface area contributed by atoms with Gasteiger partial charge in [-0.1, -0.05) is 12.2 Å². The Morgan fingerprint density at radius 3 is 2.05 bits per heavy atom. The first-order valence-electron chi connectivity index (χ1n) is 5.93. The van der Waals surface area contributed by atoms with E-state index in [0.29, 0.717) is 0 Å². The van der Waals surface area contributed by atoms with Gasteiger partial charge >= 0.3 is 23.7 Å². The zero-order chi connectivity index (χ0) is 15.6. The fourth-order valence-electron chi connectivity index (χ4n) is 3.15. The minimum atomic E-state index is -5.74. The Hall–Kier alpha value is -1.21. The summed E-state index contributed by atoms with van der Waals surface area (Å²) >= 11 is 0. The number of carboxylic acids is 1. The summed E-state index contributed by atoms with van der Waals surface area (Å²) in [6, 6.07) is 0. The van der Waals surface area contributed by atoms with Crippen molar-refractivity contribution in [2.45, 2.75) is 37.5 Å². The van der Waals surface area contributed by atoms with Gasteiger partial charge < -0.3 is 5.11 Å². The maximum Gasteiger partial charge on any atom is 0.372 e. The van der Waals surface area contributed by atoms with Crippen molar-refractivity contribution >= 4 is 5.97 Å². The van der Waals surface area contributed by atoms with Gasteiger partial charge in [0, 0.05) is 6.92 Å². The lowest BCUT2D eigenvalue weighted by Crippen LogP contribution is -2.64. The molecule has 114 valence electrons. The highest BCUT2D eigenvalue weighted by atomic mass is 19.3. The van der Waals surface area contributed by atoms with Crippen LogP contribution in [0.4, 0.5) is 26.3 Å². The summed E-state index contributed by atoms with van der Waals surface area (Å²) in [5.74, 6) is -20.2. The number of rotatable bonds is 4. The van der Waals surface area contributed by atoms with Gasteiger partial charge in [-0.05, 0) is 24.7 Å². The molecule has 0 aromatic rings. The van der Waals surface area contributed by atoms with Gasteiger partial charge in [0.15, 0.2) is 0 Å². The summed E-state index contributed by atoms with van der Waals surface area (Å²) in [5.41, 5.74) is -3.19. The molecule has 2 bridgehead atoms. The van der Waals surface area contributed by atoms with E-state index in [2.05, 4.69) is 0 Å². The van der Waals surface area contributed by atoms with E-state index in [0.717, 1.165) is 6.08 Å². The molecule has 0 aliphatic heterocycles. The molecule has 1 saturated carbocycles. The number of alkyl halides is 6. The molecule has 20 heavy (non-hydrogen) atoms. The van der Waals surface area contributed by atoms with Crippen LogP contribution in [0.3, 0.4) is 0 Å². The maximum absolute atomic E-state index is 14.1. The van der Waals surface area contributed by atoms with Crippen LogP contribution in [-0.4, -0.2) is 28.8 Å². The summed E-state index contributed by atoms with van der Waals surface area (Å²) in [6.45, 7) is -0.334. The standard InChI is InChI=1S/C12H12F6O2/c1-9(13,14)11(15,16)12(17,18)10(8(19)20)5-6-2-3-7(10)4-6/h2-3,6-7H,4-5H2,1H3,(H,19,20). The third-order valence-electron chi connectivity index (χ3n) is 4.28. The van der Waals surface area contributed by atoms with Crippen molar-refractivity contribution < 1.29 is 36.2 Å². The Kier molecular flexibility index (Phi) is 2.97. The lowest BCUT2D eigenvalue weighted by molar-refractivity contribution is -0.338. The lowest BCUT2D eigenvalue weighted by atomic mass is 9.68. The van der Waals surface area contributed by atoms with E-state index in [9.17, 15) is 31.1 Å².